The molecule has 9 heteroatoms. The molecule has 0 unspecified atom stereocenters. The van der Waals surface area contributed by atoms with Gasteiger partial charge in [-0.25, -0.2) is 8.78 Å². The van der Waals surface area contributed by atoms with E-state index in [0.717, 1.165) is 37.5 Å². The predicted octanol–water partition coefficient (Wildman–Crippen LogP) is 4.05. The van der Waals surface area contributed by atoms with Crippen LogP contribution in [0.1, 0.15) is 37.7 Å². The molecule has 0 radical (unpaired) electrons. The van der Waals surface area contributed by atoms with E-state index in [1.807, 2.05) is 0 Å². The summed E-state index contributed by atoms with van der Waals surface area (Å²) in [5, 5.41) is 6.97. The Morgan fingerprint density at radius 3 is 2.44 bits per heavy atom. The Bertz CT molecular complexity index is 739. The first-order chi connectivity index (χ1) is 12.6. The summed E-state index contributed by atoms with van der Waals surface area (Å²) in [6.45, 7) is -0.318. The molecule has 1 amide bonds. The SMILES string of the molecule is N=C(/C=C(\N)C(=O)N(Cc1cc(F)ccc1F)C1CCCCC1)C(F)(F)F. The van der Waals surface area contributed by atoms with Gasteiger partial charge in [-0.3, -0.25) is 10.2 Å². The van der Waals surface area contributed by atoms with E-state index in [1.54, 1.807) is 0 Å². The van der Waals surface area contributed by atoms with Crippen LogP contribution in [0, 0.1) is 17.0 Å². The van der Waals surface area contributed by atoms with Gasteiger partial charge in [0.1, 0.15) is 17.3 Å². The second kappa shape index (κ2) is 8.49. The molecule has 27 heavy (non-hydrogen) atoms. The molecule has 1 aromatic rings. The summed E-state index contributed by atoms with van der Waals surface area (Å²) in [4.78, 5) is 13.8. The third kappa shape index (κ3) is 5.51. The first kappa shape index (κ1) is 20.9. The van der Waals surface area contributed by atoms with Crippen molar-refractivity contribution in [3.05, 3.63) is 47.2 Å². The Morgan fingerprint density at radius 2 is 1.85 bits per heavy atom. The molecule has 1 aliphatic rings. The van der Waals surface area contributed by atoms with Gasteiger partial charge >= 0.3 is 6.18 Å². The van der Waals surface area contributed by atoms with E-state index < -0.39 is 35.1 Å². The number of nitrogens with zero attached hydrogens (tertiary/aromatic N) is 1. The zero-order valence-electron chi connectivity index (χ0n) is 14.5. The summed E-state index contributed by atoms with van der Waals surface area (Å²) in [6.07, 6.45) is -0.935. The van der Waals surface area contributed by atoms with Crippen LogP contribution in [0.25, 0.3) is 0 Å². The van der Waals surface area contributed by atoms with Gasteiger partial charge in [0.05, 0.1) is 5.70 Å². The van der Waals surface area contributed by atoms with E-state index in [9.17, 15) is 26.7 Å². The maximum Gasteiger partial charge on any atom is 0.432 e. The smallest absolute Gasteiger partial charge is 0.394 e. The van der Waals surface area contributed by atoms with Crippen LogP contribution in [-0.4, -0.2) is 28.7 Å². The number of nitrogens with one attached hydrogen (secondary N) is 1. The van der Waals surface area contributed by atoms with Crippen LogP contribution >= 0.6 is 0 Å². The number of carbonyl (C=O) groups is 1. The van der Waals surface area contributed by atoms with Crippen LogP contribution in [0.5, 0.6) is 0 Å². The first-order valence-electron chi connectivity index (χ1n) is 8.47. The molecule has 0 saturated heterocycles. The summed E-state index contributed by atoms with van der Waals surface area (Å²) in [6, 6.07) is 2.45. The molecule has 1 aromatic carbocycles. The van der Waals surface area contributed by atoms with Gasteiger partial charge in [0, 0.05) is 18.2 Å². The fraction of sp³-hybridized carbons (Fsp3) is 0.444. The second-order valence-corrected chi connectivity index (χ2v) is 6.47. The number of carbonyl (C=O) groups excluding carboxylic acids is 1. The molecule has 0 atom stereocenters. The molecule has 148 valence electrons. The highest BCUT2D eigenvalue weighted by molar-refractivity contribution is 6.04. The van der Waals surface area contributed by atoms with Gasteiger partial charge in [0.25, 0.3) is 5.91 Å². The maximum atomic E-state index is 14.0. The van der Waals surface area contributed by atoms with Crippen molar-refractivity contribution in [2.45, 2.75) is 50.9 Å². The molecular weight excluding hydrogens is 369 g/mol. The van der Waals surface area contributed by atoms with E-state index >= 15 is 0 Å². The molecule has 1 fully saturated rings. The maximum absolute atomic E-state index is 14.0. The highest BCUT2D eigenvalue weighted by Crippen LogP contribution is 2.26. The van der Waals surface area contributed by atoms with Crippen LogP contribution in [-0.2, 0) is 11.3 Å². The number of allylic oxidation sites excluding steroid dienone is 1. The molecule has 0 bridgehead atoms. The number of halogens is 5. The van der Waals surface area contributed by atoms with Crippen molar-refractivity contribution >= 4 is 11.6 Å². The summed E-state index contributed by atoms with van der Waals surface area (Å²) >= 11 is 0. The summed E-state index contributed by atoms with van der Waals surface area (Å²) in [7, 11) is 0. The highest BCUT2D eigenvalue weighted by Gasteiger charge is 2.34. The van der Waals surface area contributed by atoms with Crippen molar-refractivity contribution in [3.8, 4) is 0 Å². The Balaban J connectivity index is 2.31. The van der Waals surface area contributed by atoms with Gasteiger partial charge in [-0.1, -0.05) is 19.3 Å². The summed E-state index contributed by atoms with van der Waals surface area (Å²) < 4.78 is 65.0. The molecule has 2 rings (SSSR count). The molecule has 0 aromatic heterocycles. The van der Waals surface area contributed by atoms with Crippen molar-refractivity contribution in [3.63, 3.8) is 0 Å². The number of rotatable bonds is 5. The molecule has 0 aliphatic heterocycles. The van der Waals surface area contributed by atoms with E-state index in [4.69, 9.17) is 11.1 Å². The van der Waals surface area contributed by atoms with E-state index in [2.05, 4.69) is 0 Å². The second-order valence-electron chi connectivity index (χ2n) is 6.47. The lowest BCUT2D eigenvalue weighted by molar-refractivity contribution is -0.130. The predicted molar refractivity (Wildman–Crippen MR) is 89.8 cm³/mol. The van der Waals surface area contributed by atoms with E-state index in [0.29, 0.717) is 12.8 Å². The lowest BCUT2D eigenvalue weighted by atomic mass is 9.93. The number of amides is 1. The van der Waals surface area contributed by atoms with Crippen molar-refractivity contribution in [1.29, 1.82) is 5.41 Å². The minimum atomic E-state index is -4.94. The summed E-state index contributed by atoms with van der Waals surface area (Å²) in [5.74, 6) is -2.35. The van der Waals surface area contributed by atoms with Crippen molar-refractivity contribution in [2.75, 3.05) is 0 Å². The van der Waals surface area contributed by atoms with Gasteiger partial charge in [0.2, 0.25) is 0 Å². The number of hydrogen-bond donors (Lipinski definition) is 2. The average molecular weight is 389 g/mol. The lowest BCUT2D eigenvalue weighted by Gasteiger charge is -2.34. The number of nitrogens with two attached hydrogens (primary N) is 1. The van der Waals surface area contributed by atoms with Crippen molar-refractivity contribution in [1.82, 2.24) is 4.90 Å². The van der Waals surface area contributed by atoms with Gasteiger partial charge < -0.3 is 10.6 Å². The van der Waals surface area contributed by atoms with Crippen LogP contribution in [0.2, 0.25) is 0 Å². The van der Waals surface area contributed by atoms with Gasteiger partial charge in [0.15, 0.2) is 0 Å². The Labute approximate surface area is 153 Å². The minimum absolute atomic E-state index is 0.0902. The Hall–Kier alpha value is -2.45. The highest BCUT2D eigenvalue weighted by atomic mass is 19.4. The van der Waals surface area contributed by atoms with E-state index in [-0.39, 0.29) is 24.2 Å². The molecule has 3 N–H and O–H groups in total. The topological polar surface area (TPSA) is 70.2 Å². The molecule has 0 heterocycles. The van der Waals surface area contributed by atoms with Gasteiger partial charge in [-0.15, -0.1) is 0 Å². The monoisotopic (exact) mass is 389 g/mol. The molecular formula is C18H20F5N3O. The third-order valence-corrected chi connectivity index (χ3v) is 4.48. The van der Waals surface area contributed by atoms with Crippen LogP contribution in [0.3, 0.4) is 0 Å². The zero-order valence-corrected chi connectivity index (χ0v) is 14.5. The quantitative estimate of drug-likeness (QED) is 0.453. The lowest BCUT2D eigenvalue weighted by Crippen LogP contribution is -2.43. The summed E-state index contributed by atoms with van der Waals surface area (Å²) in [5.41, 5.74) is 2.90. The Morgan fingerprint density at radius 1 is 1.22 bits per heavy atom. The van der Waals surface area contributed by atoms with Crippen molar-refractivity contribution < 1.29 is 26.7 Å². The average Bonchev–Trinajstić information content (AvgIpc) is 2.61. The van der Waals surface area contributed by atoms with E-state index in [1.165, 1.54) is 4.90 Å². The van der Waals surface area contributed by atoms with Gasteiger partial charge in [-0.05, 0) is 37.1 Å². The number of benzene rings is 1. The van der Waals surface area contributed by atoms with Crippen LogP contribution in [0.15, 0.2) is 30.0 Å². The molecule has 1 saturated carbocycles. The minimum Gasteiger partial charge on any atom is -0.394 e. The normalized spacial score (nSPS) is 16.3. The number of alkyl halides is 3. The Kier molecular flexibility index (Phi) is 6.56. The standard InChI is InChI=1S/C18H20F5N3O/c19-12-6-7-14(20)11(8-12)10-26(13-4-2-1-3-5-13)17(27)15(24)9-16(25)18(21,22)23/h6-9,13,25H,1-5,10,24H2/b15-9-,25-16?. The first-order valence-corrected chi connectivity index (χ1v) is 8.47. The fourth-order valence-electron chi connectivity index (χ4n) is 3.07. The van der Waals surface area contributed by atoms with Gasteiger partial charge in [-0.2, -0.15) is 13.2 Å². The fourth-order valence-corrected chi connectivity index (χ4v) is 3.07. The zero-order chi connectivity index (χ0) is 20.2. The van der Waals surface area contributed by atoms with Crippen LogP contribution < -0.4 is 5.73 Å². The number of hydrogen-bond acceptors (Lipinski definition) is 3. The molecule has 0 spiro atoms. The van der Waals surface area contributed by atoms with Crippen molar-refractivity contribution in [2.24, 2.45) is 5.73 Å². The largest absolute Gasteiger partial charge is 0.432 e. The van der Waals surface area contributed by atoms with Crippen LogP contribution in [0.4, 0.5) is 22.0 Å². The third-order valence-electron chi connectivity index (χ3n) is 4.48. The molecule has 1 aliphatic carbocycles. The molecule has 4 nitrogen and oxygen atoms in total.